The minimum Gasteiger partial charge on any atom is -0.334 e. The van der Waals surface area contributed by atoms with Gasteiger partial charge in [-0.3, -0.25) is 0 Å². The molecular weight excluding hydrogens is 304 g/mol. The first kappa shape index (κ1) is 13.6. The highest BCUT2D eigenvalue weighted by Crippen LogP contribution is 2.13. The first-order chi connectivity index (χ1) is 9.15. The maximum Gasteiger partial charge on any atom is 0.319 e. The monoisotopic (exact) mass is 318 g/mol. The van der Waals surface area contributed by atoms with Crippen LogP contribution in [0, 0.1) is 6.92 Å². The van der Waals surface area contributed by atoms with Crippen molar-refractivity contribution in [2.24, 2.45) is 0 Å². The molecule has 0 aromatic heterocycles. The summed E-state index contributed by atoms with van der Waals surface area (Å²) in [7, 11) is 0. The van der Waals surface area contributed by atoms with Gasteiger partial charge in [0.1, 0.15) is 0 Å². The van der Waals surface area contributed by atoms with E-state index in [-0.39, 0.29) is 6.03 Å². The Morgan fingerprint density at radius 2 is 1.79 bits per heavy atom. The van der Waals surface area contributed by atoms with E-state index in [1.54, 1.807) is 0 Å². The van der Waals surface area contributed by atoms with E-state index in [2.05, 4.69) is 26.6 Å². The summed E-state index contributed by atoms with van der Waals surface area (Å²) in [6.45, 7) is 2.47. The predicted octanol–water partition coefficient (Wildman–Crippen LogP) is 4.08. The number of rotatable bonds is 3. The lowest BCUT2D eigenvalue weighted by molar-refractivity contribution is 0.251. The van der Waals surface area contributed by atoms with E-state index in [9.17, 15) is 4.79 Å². The molecule has 98 valence electrons. The molecular formula is C15H15BrN2O. The van der Waals surface area contributed by atoms with E-state index in [4.69, 9.17) is 0 Å². The molecule has 2 aromatic carbocycles. The third kappa shape index (κ3) is 4.10. The van der Waals surface area contributed by atoms with Crippen LogP contribution in [0.5, 0.6) is 0 Å². The van der Waals surface area contributed by atoms with Crippen LogP contribution < -0.4 is 10.6 Å². The lowest BCUT2D eigenvalue weighted by Gasteiger charge is -2.09. The van der Waals surface area contributed by atoms with Crippen molar-refractivity contribution < 1.29 is 4.79 Å². The van der Waals surface area contributed by atoms with Crippen molar-refractivity contribution in [3.63, 3.8) is 0 Å². The number of carbonyl (C=O) groups excluding carboxylic acids is 1. The van der Waals surface area contributed by atoms with Crippen molar-refractivity contribution in [3.8, 4) is 0 Å². The van der Waals surface area contributed by atoms with Crippen LogP contribution in [0.3, 0.4) is 0 Å². The number of urea groups is 1. The van der Waals surface area contributed by atoms with Gasteiger partial charge in [0.05, 0.1) is 0 Å². The van der Waals surface area contributed by atoms with Crippen molar-refractivity contribution in [3.05, 3.63) is 64.1 Å². The molecule has 0 aliphatic rings. The van der Waals surface area contributed by atoms with Gasteiger partial charge in [0, 0.05) is 16.7 Å². The van der Waals surface area contributed by atoms with Crippen molar-refractivity contribution >= 4 is 27.6 Å². The highest BCUT2D eigenvalue weighted by atomic mass is 79.9. The number of amides is 2. The SMILES string of the molecule is Cc1ccccc1NC(=O)NCc1ccc(Br)cc1. The highest BCUT2D eigenvalue weighted by Gasteiger charge is 2.03. The molecule has 19 heavy (non-hydrogen) atoms. The molecule has 3 nitrogen and oxygen atoms in total. The summed E-state index contributed by atoms with van der Waals surface area (Å²) in [5, 5.41) is 5.66. The number of nitrogens with one attached hydrogen (secondary N) is 2. The molecule has 2 aromatic rings. The molecule has 2 rings (SSSR count). The van der Waals surface area contributed by atoms with Gasteiger partial charge >= 0.3 is 6.03 Å². The zero-order valence-electron chi connectivity index (χ0n) is 10.6. The molecule has 2 N–H and O–H groups in total. The normalized spacial score (nSPS) is 10.0. The van der Waals surface area contributed by atoms with Gasteiger partial charge in [-0.2, -0.15) is 0 Å². The fraction of sp³-hybridized carbons (Fsp3) is 0.133. The van der Waals surface area contributed by atoms with Crippen LogP contribution in [0.15, 0.2) is 53.0 Å². The van der Waals surface area contributed by atoms with E-state index >= 15 is 0 Å². The Labute approximate surface area is 121 Å². The third-order valence-corrected chi connectivity index (χ3v) is 3.29. The lowest BCUT2D eigenvalue weighted by atomic mass is 10.2. The van der Waals surface area contributed by atoms with E-state index in [0.29, 0.717) is 6.54 Å². The van der Waals surface area contributed by atoms with Gasteiger partial charge in [-0.15, -0.1) is 0 Å². The minimum absolute atomic E-state index is 0.197. The lowest BCUT2D eigenvalue weighted by Crippen LogP contribution is -2.28. The Hall–Kier alpha value is -1.81. The second kappa shape index (κ2) is 6.38. The Morgan fingerprint density at radius 1 is 1.11 bits per heavy atom. The average Bonchev–Trinajstić information content (AvgIpc) is 2.41. The van der Waals surface area contributed by atoms with Crippen molar-refractivity contribution in [2.75, 3.05) is 5.32 Å². The van der Waals surface area contributed by atoms with Crippen LogP contribution in [0.25, 0.3) is 0 Å². The summed E-state index contributed by atoms with van der Waals surface area (Å²) in [6.07, 6.45) is 0. The molecule has 0 saturated heterocycles. The van der Waals surface area contributed by atoms with Crippen LogP contribution in [0.4, 0.5) is 10.5 Å². The Morgan fingerprint density at radius 3 is 2.47 bits per heavy atom. The first-order valence-corrected chi connectivity index (χ1v) is 6.79. The van der Waals surface area contributed by atoms with Crippen LogP contribution in [-0.4, -0.2) is 6.03 Å². The van der Waals surface area contributed by atoms with Crippen molar-refractivity contribution in [2.45, 2.75) is 13.5 Å². The van der Waals surface area contributed by atoms with Gasteiger partial charge in [0.25, 0.3) is 0 Å². The van der Waals surface area contributed by atoms with E-state index < -0.39 is 0 Å². The van der Waals surface area contributed by atoms with E-state index in [0.717, 1.165) is 21.3 Å². The van der Waals surface area contributed by atoms with Gasteiger partial charge in [-0.05, 0) is 36.2 Å². The number of benzene rings is 2. The third-order valence-electron chi connectivity index (χ3n) is 2.76. The zero-order valence-corrected chi connectivity index (χ0v) is 12.2. The summed E-state index contributed by atoms with van der Waals surface area (Å²) < 4.78 is 1.03. The second-order valence-electron chi connectivity index (χ2n) is 4.25. The largest absolute Gasteiger partial charge is 0.334 e. The van der Waals surface area contributed by atoms with E-state index in [1.807, 2.05) is 55.5 Å². The number of anilines is 1. The molecule has 0 atom stereocenters. The summed E-state index contributed by atoms with van der Waals surface area (Å²) in [6, 6.07) is 15.3. The van der Waals surface area contributed by atoms with Crippen LogP contribution >= 0.6 is 15.9 Å². The van der Waals surface area contributed by atoms with Crippen LogP contribution in [0.1, 0.15) is 11.1 Å². The number of halogens is 1. The van der Waals surface area contributed by atoms with Crippen molar-refractivity contribution in [1.82, 2.24) is 5.32 Å². The fourth-order valence-electron chi connectivity index (χ4n) is 1.66. The molecule has 0 radical (unpaired) electrons. The quantitative estimate of drug-likeness (QED) is 0.879. The van der Waals surface area contributed by atoms with Crippen LogP contribution in [-0.2, 0) is 6.54 Å². The average molecular weight is 319 g/mol. The Kier molecular flexibility index (Phi) is 4.58. The van der Waals surface area contributed by atoms with Gasteiger partial charge in [-0.25, -0.2) is 4.79 Å². The topological polar surface area (TPSA) is 41.1 Å². The summed E-state index contributed by atoms with van der Waals surface area (Å²) in [4.78, 5) is 11.8. The van der Waals surface area contributed by atoms with Gasteiger partial charge < -0.3 is 10.6 Å². The summed E-state index contributed by atoms with van der Waals surface area (Å²) in [5.41, 5.74) is 2.93. The van der Waals surface area contributed by atoms with Gasteiger partial charge in [-0.1, -0.05) is 46.3 Å². The molecule has 0 spiro atoms. The Bertz CT molecular complexity index is 567. The number of aryl methyl sites for hydroxylation is 1. The second-order valence-corrected chi connectivity index (χ2v) is 5.16. The first-order valence-electron chi connectivity index (χ1n) is 6.00. The molecule has 0 bridgehead atoms. The molecule has 0 heterocycles. The van der Waals surface area contributed by atoms with E-state index in [1.165, 1.54) is 0 Å². The maximum atomic E-state index is 11.8. The smallest absolute Gasteiger partial charge is 0.319 e. The minimum atomic E-state index is -0.197. The standard InChI is InChI=1S/C15H15BrN2O/c1-11-4-2-3-5-14(11)18-15(19)17-10-12-6-8-13(16)9-7-12/h2-9H,10H2,1H3,(H2,17,18,19). The molecule has 4 heteroatoms. The van der Waals surface area contributed by atoms with Gasteiger partial charge in [0.15, 0.2) is 0 Å². The molecule has 0 unspecified atom stereocenters. The summed E-state index contributed by atoms with van der Waals surface area (Å²) >= 11 is 3.38. The van der Waals surface area contributed by atoms with Crippen LogP contribution in [0.2, 0.25) is 0 Å². The summed E-state index contributed by atoms with van der Waals surface area (Å²) in [5.74, 6) is 0. The highest BCUT2D eigenvalue weighted by molar-refractivity contribution is 9.10. The zero-order chi connectivity index (χ0) is 13.7. The molecule has 0 aliphatic carbocycles. The Balaban J connectivity index is 1.88. The fourth-order valence-corrected chi connectivity index (χ4v) is 1.93. The molecule has 0 aliphatic heterocycles. The number of hydrogen-bond donors (Lipinski definition) is 2. The number of carbonyl (C=O) groups is 1. The molecule has 0 fully saturated rings. The number of para-hydroxylation sites is 1. The molecule has 2 amide bonds. The number of hydrogen-bond acceptors (Lipinski definition) is 1. The molecule has 0 saturated carbocycles. The van der Waals surface area contributed by atoms with Crippen molar-refractivity contribution in [1.29, 1.82) is 0 Å². The van der Waals surface area contributed by atoms with Gasteiger partial charge in [0.2, 0.25) is 0 Å². The maximum absolute atomic E-state index is 11.8. The predicted molar refractivity (Wildman–Crippen MR) is 81.2 cm³/mol.